The molecule has 3 nitrogen and oxygen atoms in total. The van der Waals surface area contributed by atoms with Gasteiger partial charge in [0.2, 0.25) is 5.91 Å². The standard InChI is InChI=1S/C13H16ClNO2/c1-2-11(9-16)15-13(17)8-7-10-5-3-4-6-12(10)14/h3-8,11,16H,2,9H2,1H3,(H,15,17)/b8-7+. The number of carbonyl (C=O) groups is 1. The Morgan fingerprint density at radius 1 is 1.53 bits per heavy atom. The second-order valence-corrected chi connectivity index (χ2v) is 4.06. The third-order valence-electron chi connectivity index (χ3n) is 2.38. The normalized spacial score (nSPS) is 12.6. The summed E-state index contributed by atoms with van der Waals surface area (Å²) in [5.74, 6) is -0.231. The molecule has 4 heteroatoms. The lowest BCUT2D eigenvalue weighted by molar-refractivity contribution is -0.117. The molecule has 0 bridgehead atoms. The fourth-order valence-corrected chi connectivity index (χ4v) is 1.50. The quantitative estimate of drug-likeness (QED) is 0.791. The molecule has 92 valence electrons. The van der Waals surface area contributed by atoms with E-state index in [2.05, 4.69) is 5.32 Å². The maximum Gasteiger partial charge on any atom is 0.244 e. The van der Waals surface area contributed by atoms with Gasteiger partial charge in [-0.25, -0.2) is 0 Å². The Hall–Kier alpha value is -1.32. The zero-order chi connectivity index (χ0) is 12.7. The number of benzene rings is 1. The van der Waals surface area contributed by atoms with E-state index in [-0.39, 0.29) is 18.6 Å². The number of nitrogens with one attached hydrogen (secondary N) is 1. The van der Waals surface area contributed by atoms with Crippen molar-refractivity contribution in [3.63, 3.8) is 0 Å². The van der Waals surface area contributed by atoms with Crippen molar-refractivity contribution in [2.45, 2.75) is 19.4 Å². The summed E-state index contributed by atoms with van der Waals surface area (Å²) in [4.78, 5) is 11.5. The number of carbonyl (C=O) groups excluding carboxylic acids is 1. The van der Waals surface area contributed by atoms with Crippen LogP contribution in [0.4, 0.5) is 0 Å². The van der Waals surface area contributed by atoms with Gasteiger partial charge in [0, 0.05) is 11.1 Å². The minimum Gasteiger partial charge on any atom is -0.394 e. The van der Waals surface area contributed by atoms with Gasteiger partial charge in [0.25, 0.3) is 0 Å². The average molecular weight is 254 g/mol. The highest BCUT2D eigenvalue weighted by atomic mass is 35.5. The van der Waals surface area contributed by atoms with Crippen LogP contribution in [0, 0.1) is 0 Å². The Bertz CT molecular complexity index is 400. The molecule has 1 amide bonds. The first kappa shape index (κ1) is 13.7. The molecule has 0 saturated heterocycles. The predicted octanol–water partition coefficient (Wildman–Crippen LogP) is 2.24. The lowest BCUT2D eigenvalue weighted by Gasteiger charge is -2.11. The molecule has 0 fully saturated rings. The van der Waals surface area contributed by atoms with Crippen molar-refractivity contribution >= 4 is 23.6 Å². The van der Waals surface area contributed by atoms with Crippen molar-refractivity contribution in [2.24, 2.45) is 0 Å². The van der Waals surface area contributed by atoms with Gasteiger partial charge < -0.3 is 10.4 Å². The van der Waals surface area contributed by atoms with Gasteiger partial charge >= 0.3 is 0 Å². The van der Waals surface area contributed by atoms with Crippen molar-refractivity contribution in [3.8, 4) is 0 Å². The second-order valence-electron chi connectivity index (χ2n) is 3.65. The molecule has 0 aliphatic heterocycles. The molecule has 17 heavy (non-hydrogen) atoms. The van der Waals surface area contributed by atoms with Gasteiger partial charge in [-0.1, -0.05) is 36.7 Å². The van der Waals surface area contributed by atoms with Crippen LogP contribution in [0.3, 0.4) is 0 Å². The van der Waals surface area contributed by atoms with Crippen molar-refractivity contribution in [3.05, 3.63) is 40.9 Å². The fourth-order valence-electron chi connectivity index (χ4n) is 1.30. The third-order valence-corrected chi connectivity index (χ3v) is 2.72. The summed E-state index contributed by atoms with van der Waals surface area (Å²) in [5.41, 5.74) is 0.793. The van der Waals surface area contributed by atoms with Crippen LogP contribution in [-0.2, 0) is 4.79 Å². The molecule has 1 rings (SSSR count). The maximum absolute atomic E-state index is 11.5. The molecule has 0 saturated carbocycles. The topological polar surface area (TPSA) is 49.3 Å². The highest BCUT2D eigenvalue weighted by Gasteiger charge is 2.06. The van der Waals surface area contributed by atoms with Gasteiger partial charge in [0.15, 0.2) is 0 Å². The molecule has 1 aromatic carbocycles. The van der Waals surface area contributed by atoms with Gasteiger partial charge in [-0.05, 0) is 24.1 Å². The Kier molecular flexibility index (Phi) is 5.73. The van der Waals surface area contributed by atoms with Crippen LogP contribution in [-0.4, -0.2) is 23.7 Å². The van der Waals surface area contributed by atoms with Crippen LogP contribution >= 0.6 is 11.6 Å². The first-order chi connectivity index (χ1) is 8.17. The van der Waals surface area contributed by atoms with E-state index in [0.29, 0.717) is 11.4 Å². The average Bonchev–Trinajstić information content (AvgIpc) is 2.35. The van der Waals surface area contributed by atoms with E-state index in [9.17, 15) is 4.79 Å². The summed E-state index contributed by atoms with van der Waals surface area (Å²) in [7, 11) is 0. The Labute approximate surface area is 106 Å². The smallest absolute Gasteiger partial charge is 0.244 e. The van der Waals surface area contributed by atoms with Gasteiger partial charge in [0.05, 0.1) is 12.6 Å². The Morgan fingerprint density at radius 3 is 2.82 bits per heavy atom. The van der Waals surface area contributed by atoms with Crippen molar-refractivity contribution in [2.75, 3.05) is 6.61 Å². The molecule has 1 atom stereocenters. The Morgan fingerprint density at radius 2 is 2.24 bits per heavy atom. The van der Waals surface area contributed by atoms with Crippen molar-refractivity contribution < 1.29 is 9.90 Å². The summed E-state index contributed by atoms with van der Waals surface area (Å²) in [6, 6.07) is 7.08. The molecule has 0 aliphatic carbocycles. The highest BCUT2D eigenvalue weighted by Crippen LogP contribution is 2.15. The monoisotopic (exact) mass is 253 g/mol. The summed E-state index contributed by atoms with van der Waals surface area (Å²) in [6.45, 7) is 1.85. The molecule has 1 aromatic rings. The molecule has 2 N–H and O–H groups in total. The van der Waals surface area contributed by atoms with Gasteiger partial charge in [-0.2, -0.15) is 0 Å². The molecular formula is C13H16ClNO2. The first-order valence-corrected chi connectivity index (χ1v) is 5.89. The number of halogens is 1. The minimum atomic E-state index is -0.231. The molecule has 0 spiro atoms. The van der Waals surface area contributed by atoms with E-state index in [1.54, 1.807) is 12.1 Å². The van der Waals surface area contributed by atoms with Gasteiger partial charge in [-0.15, -0.1) is 0 Å². The molecule has 0 aromatic heterocycles. The van der Waals surface area contributed by atoms with E-state index in [1.807, 2.05) is 25.1 Å². The number of rotatable bonds is 5. The number of hydrogen-bond acceptors (Lipinski definition) is 2. The van der Waals surface area contributed by atoms with E-state index in [1.165, 1.54) is 6.08 Å². The van der Waals surface area contributed by atoms with Crippen LogP contribution < -0.4 is 5.32 Å². The summed E-state index contributed by atoms with van der Waals surface area (Å²) in [6.07, 6.45) is 3.77. The third kappa shape index (κ3) is 4.59. The largest absolute Gasteiger partial charge is 0.394 e. The fraction of sp³-hybridized carbons (Fsp3) is 0.308. The zero-order valence-corrected chi connectivity index (χ0v) is 10.4. The van der Waals surface area contributed by atoms with Gasteiger partial charge in [-0.3, -0.25) is 4.79 Å². The van der Waals surface area contributed by atoms with E-state index in [4.69, 9.17) is 16.7 Å². The van der Waals surface area contributed by atoms with Crippen molar-refractivity contribution in [1.29, 1.82) is 0 Å². The summed E-state index contributed by atoms with van der Waals surface area (Å²) in [5, 5.41) is 12.2. The van der Waals surface area contributed by atoms with E-state index in [0.717, 1.165) is 5.56 Å². The zero-order valence-electron chi connectivity index (χ0n) is 9.69. The first-order valence-electron chi connectivity index (χ1n) is 5.51. The maximum atomic E-state index is 11.5. The number of hydrogen-bond donors (Lipinski definition) is 2. The van der Waals surface area contributed by atoms with Crippen LogP contribution in [0.2, 0.25) is 5.02 Å². The van der Waals surface area contributed by atoms with Gasteiger partial charge in [0.1, 0.15) is 0 Å². The number of amides is 1. The number of aliphatic hydroxyl groups is 1. The summed E-state index contributed by atoms with van der Waals surface area (Å²) >= 11 is 5.95. The number of aliphatic hydroxyl groups excluding tert-OH is 1. The molecule has 0 heterocycles. The lowest BCUT2D eigenvalue weighted by atomic mass is 10.2. The highest BCUT2D eigenvalue weighted by molar-refractivity contribution is 6.32. The van der Waals surface area contributed by atoms with Crippen LogP contribution in [0.1, 0.15) is 18.9 Å². The second kappa shape index (κ2) is 7.09. The van der Waals surface area contributed by atoms with E-state index < -0.39 is 0 Å². The van der Waals surface area contributed by atoms with Crippen LogP contribution in [0.25, 0.3) is 6.08 Å². The van der Waals surface area contributed by atoms with Crippen molar-refractivity contribution in [1.82, 2.24) is 5.32 Å². The van der Waals surface area contributed by atoms with Crippen LogP contribution in [0.5, 0.6) is 0 Å². The van der Waals surface area contributed by atoms with Crippen LogP contribution in [0.15, 0.2) is 30.3 Å². The Balaban J connectivity index is 2.60. The summed E-state index contributed by atoms with van der Waals surface area (Å²) < 4.78 is 0. The SMILES string of the molecule is CCC(CO)NC(=O)/C=C/c1ccccc1Cl. The molecular weight excluding hydrogens is 238 g/mol. The predicted molar refractivity (Wildman–Crippen MR) is 69.8 cm³/mol. The minimum absolute atomic E-state index is 0.0534. The lowest BCUT2D eigenvalue weighted by Crippen LogP contribution is -2.35. The molecule has 0 aliphatic rings. The van der Waals surface area contributed by atoms with E-state index >= 15 is 0 Å². The molecule has 0 radical (unpaired) electrons. The molecule has 1 unspecified atom stereocenters.